The molecule has 0 aromatic heterocycles. The number of hydrogen-bond acceptors (Lipinski definition) is 4. The minimum atomic E-state index is 0.124. The van der Waals surface area contributed by atoms with Crippen LogP contribution in [0.25, 0.3) is 0 Å². The molecule has 0 bridgehead atoms. The lowest BCUT2D eigenvalue weighted by atomic mass is 10.2. The lowest BCUT2D eigenvalue weighted by Gasteiger charge is -2.24. The molecule has 1 saturated heterocycles. The Kier molecular flexibility index (Phi) is 6.07. The molecule has 0 aromatic rings. The van der Waals surface area contributed by atoms with Gasteiger partial charge in [-0.05, 0) is 44.7 Å². The number of methoxy groups -OCH3 is 1. The minimum Gasteiger partial charge on any atom is -0.383 e. The third kappa shape index (κ3) is 5.47. The summed E-state index contributed by atoms with van der Waals surface area (Å²) in [5, 5.41) is 6.26. The quantitative estimate of drug-likeness (QED) is 0.628. The third-order valence-electron chi connectivity index (χ3n) is 4.03. The highest BCUT2D eigenvalue weighted by molar-refractivity contribution is 5.78. The van der Waals surface area contributed by atoms with Crippen LogP contribution in [0.15, 0.2) is 0 Å². The predicted octanol–water partition coefficient (Wildman–Crippen LogP) is 0.213. The predicted molar refractivity (Wildman–Crippen MR) is 75.1 cm³/mol. The van der Waals surface area contributed by atoms with Crippen molar-refractivity contribution in [2.45, 2.75) is 31.7 Å². The Bertz CT molecular complexity index is 282. The van der Waals surface area contributed by atoms with Gasteiger partial charge in [-0.25, -0.2) is 0 Å². The van der Waals surface area contributed by atoms with Crippen LogP contribution in [0.1, 0.15) is 25.7 Å². The van der Waals surface area contributed by atoms with Gasteiger partial charge in [0.1, 0.15) is 0 Å². The number of rotatable bonds is 9. The van der Waals surface area contributed by atoms with Crippen LogP contribution in [0.2, 0.25) is 0 Å². The van der Waals surface area contributed by atoms with E-state index >= 15 is 0 Å². The summed E-state index contributed by atoms with van der Waals surface area (Å²) in [6, 6.07) is 0.488. The van der Waals surface area contributed by atoms with Crippen molar-refractivity contribution >= 4 is 5.91 Å². The summed E-state index contributed by atoms with van der Waals surface area (Å²) in [5.41, 5.74) is 0. The summed E-state index contributed by atoms with van der Waals surface area (Å²) >= 11 is 0. The van der Waals surface area contributed by atoms with Crippen LogP contribution in [0, 0.1) is 5.92 Å². The molecule has 1 aliphatic carbocycles. The van der Waals surface area contributed by atoms with Gasteiger partial charge >= 0.3 is 0 Å². The molecule has 1 unspecified atom stereocenters. The zero-order chi connectivity index (χ0) is 13.5. The fourth-order valence-electron chi connectivity index (χ4n) is 2.64. The summed E-state index contributed by atoms with van der Waals surface area (Å²) < 4.78 is 5.12. The Labute approximate surface area is 116 Å². The first kappa shape index (κ1) is 14.8. The molecule has 1 heterocycles. The highest BCUT2D eigenvalue weighted by atomic mass is 16.5. The van der Waals surface area contributed by atoms with E-state index in [0.717, 1.165) is 38.7 Å². The first-order valence-corrected chi connectivity index (χ1v) is 7.50. The van der Waals surface area contributed by atoms with Gasteiger partial charge in [0.05, 0.1) is 13.2 Å². The molecule has 2 aliphatic rings. The first-order valence-electron chi connectivity index (χ1n) is 7.50. The molecule has 5 nitrogen and oxygen atoms in total. The molecule has 1 atom stereocenters. The van der Waals surface area contributed by atoms with Gasteiger partial charge in [-0.15, -0.1) is 0 Å². The molecular weight excluding hydrogens is 242 g/mol. The molecule has 110 valence electrons. The zero-order valence-electron chi connectivity index (χ0n) is 12.0. The van der Waals surface area contributed by atoms with E-state index < -0.39 is 0 Å². The molecule has 2 rings (SSSR count). The molecule has 2 fully saturated rings. The van der Waals surface area contributed by atoms with Crippen molar-refractivity contribution in [3.63, 3.8) is 0 Å². The van der Waals surface area contributed by atoms with Crippen LogP contribution in [-0.4, -0.2) is 63.3 Å². The first-order chi connectivity index (χ1) is 9.29. The van der Waals surface area contributed by atoms with Crippen LogP contribution < -0.4 is 10.6 Å². The van der Waals surface area contributed by atoms with Crippen LogP contribution in [0.5, 0.6) is 0 Å². The number of nitrogens with zero attached hydrogens (tertiary/aromatic N) is 1. The number of carbonyl (C=O) groups is 1. The van der Waals surface area contributed by atoms with E-state index in [2.05, 4.69) is 15.5 Å². The molecule has 19 heavy (non-hydrogen) atoms. The number of nitrogens with one attached hydrogen (secondary N) is 2. The van der Waals surface area contributed by atoms with Gasteiger partial charge in [-0.2, -0.15) is 0 Å². The minimum absolute atomic E-state index is 0.124. The summed E-state index contributed by atoms with van der Waals surface area (Å²) in [6.07, 6.45) is 5.06. The zero-order valence-corrected chi connectivity index (χ0v) is 12.0. The monoisotopic (exact) mass is 269 g/mol. The molecule has 1 aliphatic heterocycles. The molecule has 2 N–H and O–H groups in total. The SMILES string of the molecule is COCCN1CCCC1CNC(=O)CNCC1CC1. The lowest BCUT2D eigenvalue weighted by molar-refractivity contribution is -0.120. The third-order valence-corrected chi connectivity index (χ3v) is 4.03. The maximum atomic E-state index is 11.7. The fourth-order valence-corrected chi connectivity index (χ4v) is 2.64. The Hall–Kier alpha value is -0.650. The van der Waals surface area contributed by atoms with Crippen molar-refractivity contribution in [3.8, 4) is 0 Å². The number of ether oxygens (including phenoxy) is 1. The van der Waals surface area contributed by atoms with Crippen molar-refractivity contribution in [2.24, 2.45) is 5.92 Å². The standard InChI is InChI=1S/C14H27N3O2/c1-19-8-7-17-6-2-3-13(17)10-16-14(18)11-15-9-12-4-5-12/h12-13,15H,2-11H2,1H3,(H,16,18). The topological polar surface area (TPSA) is 53.6 Å². The summed E-state index contributed by atoms with van der Waals surface area (Å²) in [6.45, 7) is 5.10. The van der Waals surface area contributed by atoms with E-state index in [0.29, 0.717) is 12.6 Å². The number of hydrogen-bond donors (Lipinski definition) is 2. The number of carbonyl (C=O) groups excluding carboxylic acids is 1. The van der Waals surface area contributed by atoms with E-state index in [1.165, 1.54) is 25.7 Å². The molecule has 1 saturated carbocycles. The van der Waals surface area contributed by atoms with E-state index in [1.54, 1.807) is 7.11 Å². The molecule has 0 radical (unpaired) electrons. The van der Waals surface area contributed by atoms with E-state index in [4.69, 9.17) is 4.74 Å². The average molecular weight is 269 g/mol. The highest BCUT2D eigenvalue weighted by Crippen LogP contribution is 2.27. The van der Waals surface area contributed by atoms with Gasteiger partial charge in [-0.1, -0.05) is 0 Å². The lowest BCUT2D eigenvalue weighted by Crippen LogP contribution is -2.43. The van der Waals surface area contributed by atoms with Crippen molar-refractivity contribution in [3.05, 3.63) is 0 Å². The maximum absolute atomic E-state index is 11.7. The van der Waals surface area contributed by atoms with Crippen LogP contribution in [0.4, 0.5) is 0 Å². The van der Waals surface area contributed by atoms with Crippen LogP contribution in [0.3, 0.4) is 0 Å². The molecule has 5 heteroatoms. The van der Waals surface area contributed by atoms with Gasteiger partial charge in [0.15, 0.2) is 0 Å². The average Bonchev–Trinajstić information content (AvgIpc) is 3.12. The Morgan fingerprint density at radius 2 is 2.16 bits per heavy atom. The Morgan fingerprint density at radius 1 is 1.32 bits per heavy atom. The number of likely N-dealkylation sites (tertiary alicyclic amines) is 1. The Morgan fingerprint density at radius 3 is 2.89 bits per heavy atom. The van der Waals surface area contributed by atoms with Gasteiger partial charge in [0, 0.05) is 26.2 Å². The van der Waals surface area contributed by atoms with Crippen molar-refractivity contribution in [2.75, 3.05) is 46.4 Å². The smallest absolute Gasteiger partial charge is 0.234 e. The second kappa shape index (κ2) is 7.82. The largest absolute Gasteiger partial charge is 0.383 e. The van der Waals surface area contributed by atoms with Gasteiger partial charge in [0.2, 0.25) is 5.91 Å². The Balaban J connectivity index is 1.56. The summed E-state index contributed by atoms with van der Waals surface area (Å²) in [4.78, 5) is 14.1. The molecule has 0 spiro atoms. The second-order valence-electron chi connectivity index (χ2n) is 5.70. The summed E-state index contributed by atoms with van der Waals surface area (Å²) in [7, 11) is 1.73. The van der Waals surface area contributed by atoms with Crippen LogP contribution >= 0.6 is 0 Å². The second-order valence-corrected chi connectivity index (χ2v) is 5.70. The van der Waals surface area contributed by atoms with E-state index in [9.17, 15) is 4.79 Å². The summed E-state index contributed by atoms with van der Waals surface area (Å²) in [5.74, 6) is 0.950. The van der Waals surface area contributed by atoms with E-state index in [-0.39, 0.29) is 5.91 Å². The van der Waals surface area contributed by atoms with Crippen LogP contribution in [-0.2, 0) is 9.53 Å². The van der Waals surface area contributed by atoms with Gasteiger partial charge in [0.25, 0.3) is 0 Å². The van der Waals surface area contributed by atoms with Crippen molar-refractivity contribution in [1.82, 2.24) is 15.5 Å². The van der Waals surface area contributed by atoms with E-state index in [1.807, 2.05) is 0 Å². The normalized spacial score (nSPS) is 23.7. The van der Waals surface area contributed by atoms with Gasteiger partial charge in [-0.3, -0.25) is 9.69 Å². The van der Waals surface area contributed by atoms with Gasteiger partial charge < -0.3 is 15.4 Å². The van der Waals surface area contributed by atoms with Crippen molar-refractivity contribution < 1.29 is 9.53 Å². The molecular formula is C14H27N3O2. The van der Waals surface area contributed by atoms with Crippen molar-refractivity contribution in [1.29, 1.82) is 0 Å². The maximum Gasteiger partial charge on any atom is 0.234 e. The fraction of sp³-hybridized carbons (Fsp3) is 0.929. The number of amides is 1. The highest BCUT2D eigenvalue weighted by Gasteiger charge is 2.24. The molecule has 1 amide bonds. The molecule has 0 aromatic carbocycles.